The van der Waals surface area contributed by atoms with E-state index in [1.807, 2.05) is 19.0 Å². The van der Waals surface area contributed by atoms with Crippen molar-refractivity contribution < 1.29 is 4.79 Å². The highest BCUT2D eigenvalue weighted by Crippen LogP contribution is 2.32. The standard InChI is InChI=1S/C13H25N3O/c1-14-5-6-16(2)13(17)9-10-7-11-3-4-12(8-10)15-11/h10-12,14-15H,3-9H2,1-2H3. The quantitative estimate of drug-likeness (QED) is 0.738. The van der Waals surface area contributed by atoms with Crippen LogP contribution in [-0.4, -0.2) is 50.1 Å². The number of nitrogens with zero attached hydrogens (tertiary/aromatic N) is 1. The van der Waals surface area contributed by atoms with Gasteiger partial charge in [0.1, 0.15) is 0 Å². The molecular formula is C13H25N3O. The topological polar surface area (TPSA) is 44.4 Å². The largest absolute Gasteiger partial charge is 0.344 e. The van der Waals surface area contributed by atoms with Crippen molar-refractivity contribution in [2.75, 3.05) is 27.2 Å². The summed E-state index contributed by atoms with van der Waals surface area (Å²) in [6.45, 7) is 1.69. The van der Waals surface area contributed by atoms with E-state index >= 15 is 0 Å². The molecule has 0 spiro atoms. The Bertz CT molecular complexity index is 257. The van der Waals surface area contributed by atoms with E-state index < -0.39 is 0 Å². The Kier molecular flexibility index (Phi) is 4.40. The molecule has 0 aromatic rings. The Hall–Kier alpha value is -0.610. The molecule has 2 unspecified atom stereocenters. The maximum Gasteiger partial charge on any atom is 0.222 e. The minimum atomic E-state index is 0.312. The van der Waals surface area contributed by atoms with Crippen molar-refractivity contribution in [3.05, 3.63) is 0 Å². The Morgan fingerprint density at radius 2 is 2.00 bits per heavy atom. The molecule has 2 aliphatic heterocycles. The molecule has 0 aliphatic carbocycles. The van der Waals surface area contributed by atoms with Crippen molar-refractivity contribution in [3.63, 3.8) is 0 Å². The third-order valence-corrected chi connectivity index (χ3v) is 4.16. The summed E-state index contributed by atoms with van der Waals surface area (Å²) in [4.78, 5) is 13.9. The monoisotopic (exact) mass is 239 g/mol. The van der Waals surface area contributed by atoms with Gasteiger partial charge in [0.05, 0.1) is 0 Å². The van der Waals surface area contributed by atoms with Crippen LogP contribution in [0.3, 0.4) is 0 Å². The fourth-order valence-corrected chi connectivity index (χ4v) is 3.15. The molecule has 0 aromatic carbocycles. The molecule has 17 heavy (non-hydrogen) atoms. The van der Waals surface area contributed by atoms with Crippen LogP contribution in [0.4, 0.5) is 0 Å². The van der Waals surface area contributed by atoms with Crippen LogP contribution in [0.2, 0.25) is 0 Å². The molecule has 2 heterocycles. The highest BCUT2D eigenvalue weighted by molar-refractivity contribution is 5.76. The second kappa shape index (κ2) is 5.83. The van der Waals surface area contributed by atoms with Crippen LogP contribution in [0.25, 0.3) is 0 Å². The third-order valence-electron chi connectivity index (χ3n) is 4.16. The van der Waals surface area contributed by atoms with Crippen molar-refractivity contribution >= 4 is 5.91 Å². The zero-order chi connectivity index (χ0) is 12.3. The van der Waals surface area contributed by atoms with Gasteiger partial charge < -0.3 is 15.5 Å². The minimum absolute atomic E-state index is 0.312. The highest BCUT2D eigenvalue weighted by atomic mass is 16.2. The van der Waals surface area contributed by atoms with E-state index in [-0.39, 0.29) is 0 Å². The first-order chi connectivity index (χ1) is 8.19. The number of hydrogen-bond acceptors (Lipinski definition) is 3. The van der Waals surface area contributed by atoms with E-state index in [0.717, 1.165) is 19.5 Å². The van der Waals surface area contributed by atoms with Crippen molar-refractivity contribution in [3.8, 4) is 0 Å². The number of likely N-dealkylation sites (N-methyl/N-ethyl adjacent to an activating group) is 2. The first-order valence-electron chi connectivity index (χ1n) is 6.83. The van der Waals surface area contributed by atoms with Gasteiger partial charge in [-0.3, -0.25) is 4.79 Å². The van der Waals surface area contributed by atoms with Gasteiger partial charge in [-0.05, 0) is 38.6 Å². The van der Waals surface area contributed by atoms with E-state index in [9.17, 15) is 4.79 Å². The van der Waals surface area contributed by atoms with Gasteiger partial charge in [-0.2, -0.15) is 0 Å². The number of nitrogens with one attached hydrogen (secondary N) is 2. The second-order valence-corrected chi connectivity index (χ2v) is 5.60. The van der Waals surface area contributed by atoms with E-state index in [1.54, 1.807) is 0 Å². The number of carbonyl (C=O) groups excluding carboxylic acids is 1. The van der Waals surface area contributed by atoms with Crippen LogP contribution >= 0.6 is 0 Å². The minimum Gasteiger partial charge on any atom is -0.344 e. The molecule has 4 heteroatoms. The summed E-state index contributed by atoms with van der Waals surface area (Å²) in [6, 6.07) is 1.38. The van der Waals surface area contributed by atoms with E-state index in [2.05, 4.69) is 10.6 Å². The van der Waals surface area contributed by atoms with E-state index in [0.29, 0.717) is 23.9 Å². The molecule has 0 radical (unpaired) electrons. The van der Waals surface area contributed by atoms with Crippen LogP contribution in [0.15, 0.2) is 0 Å². The first-order valence-corrected chi connectivity index (χ1v) is 6.83. The average molecular weight is 239 g/mol. The lowest BCUT2D eigenvalue weighted by molar-refractivity contribution is -0.131. The predicted octanol–water partition coefficient (Wildman–Crippen LogP) is 0.585. The average Bonchev–Trinajstić information content (AvgIpc) is 2.65. The summed E-state index contributed by atoms with van der Waals surface area (Å²) in [5.41, 5.74) is 0. The fourth-order valence-electron chi connectivity index (χ4n) is 3.15. The van der Waals surface area contributed by atoms with Crippen LogP contribution in [0.1, 0.15) is 32.1 Å². The van der Waals surface area contributed by atoms with Crippen LogP contribution in [-0.2, 0) is 4.79 Å². The summed E-state index contributed by atoms with van der Waals surface area (Å²) in [5, 5.41) is 6.70. The number of fused-ring (bicyclic) bond motifs is 2. The molecule has 2 fully saturated rings. The van der Waals surface area contributed by atoms with Crippen molar-refractivity contribution in [2.45, 2.75) is 44.2 Å². The molecule has 2 aliphatic rings. The molecule has 2 N–H and O–H groups in total. The molecule has 2 rings (SSSR count). The van der Waals surface area contributed by atoms with Crippen molar-refractivity contribution in [1.29, 1.82) is 0 Å². The smallest absolute Gasteiger partial charge is 0.222 e. The lowest BCUT2D eigenvalue weighted by atomic mass is 9.89. The summed E-state index contributed by atoms with van der Waals surface area (Å²) in [6.07, 6.45) is 5.76. The van der Waals surface area contributed by atoms with Crippen LogP contribution < -0.4 is 10.6 Å². The Morgan fingerprint density at radius 3 is 2.59 bits per heavy atom. The summed E-state index contributed by atoms with van der Waals surface area (Å²) >= 11 is 0. The predicted molar refractivity (Wildman–Crippen MR) is 68.9 cm³/mol. The van der Waals surface area contributed by atoms with Crippen LogP contribution in [0.5, 0.6) is 0 Å². The van der Waals surface area contributed by atoms with Gasteiger partial charge in [-0.1, -0.05) is 0 Å². The molecule has 1 amide bonds. The molecule has 0 saturated carbocycles. The molecule has 2 saturated heterocycles. The van der Waals surface area contributed by atoms with E-state index in [4.69, 9.17) is 0 Å². The fraction of sp³-hybridized carbons (Fsp3) is 0.923. The van der Waals surface area contributed by atoms with Crippen molar-refractivity contribution in [1.82, 2.24) is 15.5 Å². The second-order valence-electron chi connectivity index (χ2n) is 5.60. The highest BCUT2D eigenvalue weighted by Gasteiger charge is 2.34. The van der Waals surface area contributed by atoms with Gasteiger partial charge in [0.25, 0.3) is 0 Å². The van der Waals surface area contributed by atoms with Gasteiger partial charge >= 0.3 is 0 Å². The molecule has 2 atom stereocenters. The van der Waals surface area contributed by atoms with Gasteiger partial charge in [0.2, 0.25) is 5.91 Å². The number of piperidine rings is 1. The number of carbonyl (C=O) groups is 1. The zero-order valence-corrected chi connectivity index (χ0v) is 11.0. The molecule has 4 nitrogen and oxygen atoms in total. The van der Waals surface area contributed by atoms with Crippen molar-refractivity contribution in [2.24, 2.45) is 5.92 Å². The molecule has 98 valence electrons. The summed E-state index contributed by atoms with van der Waals surface area (Å²) in [5.74, 6) is 0.921. The maximum atomic E-state index is 12.0. The number of rotatable bonds is 5. The number of amides is 1. The Balaban J connectivity index is 1.74. The first kappa shape index (κ1) is 12.8. The molecular weight excluding hydrogens is 214 g/mol. The Morgan fingerprint density at radius 1 is 1.35 bits per heavy atom. The lowest BCUT2D eigenvalue weighted by Gasteiger charge is -2.29. The zero-order valence-electron chi connectivity index (χ0n) is 11.0. The number of hydrogen-bond donors (Lipinski definition) is 2. The summed E-state index contributed by atoms with van der Waals surface area (Å²) in [7, 11) is 3.83. The van der Waals surface area contributed by atoms with Gasteiger partial charge in [-0.15, -0.1) is 0 Å². The normalized spacial score (nSPS) is 31.5. The maximum absolute atomic E-state index is 12.0. The molecule has 2 bridgehead atoms. The van der Waals surface area contributed by atoms with Gasteiger partial charge in [0.15, 0.2) is 0 Å². The SMILES string of the molecule is CNCCN(C)C(=O)CC1CC2CCC(C1)N2. The Labute approximate surface area is 104 Å². The van der Waals surface area contributed by atoms with Gasteiger partial charge in [-0.25, -0.2) is 0 Å². The van der Waals surface area contributed by atoms with E-state index in [1.165, 1.54) is 25.7 Å². The van der Waals surface area contributed by atoms with Crippen LogP contribution in [0, 0.1) is 5.92 Å². The van der Waals surface area contributed by atoms with Gasteiger partial charge in [0, 0.05) is 38.6 Å². The lowest BCUT2D eigenvalue weighted by Crippen LogP contribution is -2.40. The third kappa shape index (κ3) is 3.42. The molecule has 0 aromatic heterocycles. The summed E-state index contributed by atoms with van der Waals surface area (Å²) < 4.78 is 0.